The number of carbonyl (C=O) groups excluding carboxylic acids is 1. The van der Waals surface area contributed by atoms with Gasteiger partial charge in [0.05, 0.1) is 6.04 Å². The number of fused-ring (bicyclic) bond motifs is 1. The maximum absolute atomic E-state index is 12.7. The van der Waals surface area contributed by atoms with Crippen LogP contribution in [0.3, 0.4) is 0 Å². The summed E-state index contributed by atoms with van der Waals surface area (Å²) in [5.41, 5.74) is 0.877. The highest BCUT2D eigenvalue weighted by molar-refractivity contribution is 5.79. The molecular formula is C20H28N2O2. The molecule has 24 heavy (non-hydrogen) atoms. The first-order valence-electron chi connectivity index (χ1n) is 9.01. The molecular weight excluding hydrogens is 300 g/mol. The average molecular weight is 328 g/mol. The van der Waals surface area contributed by atoms with E-state index in [0.717, 1.165) is 29.8 Å². The Hall–Kier alpha value is -1.81. The zero-order chi connectivity index (χ0) is 17.1. The molecule has 1 fully saturated rings. The van der Waals surface area contributed by atoms with Crippen molar-refractivity contribution in [3.05, 3.63) is 36.1 Å². The van der Waals surface area contributed by atoms with E-state index in [4.69, 9.17) is 4.42 Å². The molecule has 2 aromatic rings. The molecule has 3 unspecified atom stereocenters. The molecule has 0 spiro atoms. The van der Waals surface area contributed by atoms with E-state index in [1.807, 2.05) is 49.2 Å². The average Bonchev–Trinajstić information content (AvgIpc) is 3.05. The molecule has 1 aromatic heterocycles. The van der Waals surface area contributed by atoms with Gasteiger partial charge < -0.3 is 14.6 Å². The first kappa shape index (κ1) is 17.0. The van der Waals surface area contributed by atoms with Gasteiger partial charge in [0.15, 0.2) is 0 Å². The molecule has 1 N–H and O–H groups in total. The van der Waals surface area contributed by atoms with Gasteiger partial charge in [0.1, 0.15) is 11.3 Å². The smallest absolute Gasteiger partial charge is 0.223 e. The Bertz CT molecular complexity index is 655. The molecule has 1 saturated heterocycles. The normalized spacial score (nSPS) is 20.7. The molecule has 0 aliphatic carbocycles. The summed E-state index contributed by atoms with van der Waals surface area (Å²) in [5.74, 6) is 2.06. The zero-order valence-electron chi connectivity index (χ0n) is 14.9. The third-order valence-electron chi connectivity index (χ3n) is 5.47. The fourth-order valence-corrected chi connectivity index (χ4v) is 3.57. The fourth-order valence-electron chi connectivity index (χ4n) is 3.57. The summed E-state index contributed by atoms with van der Waals surface area (Å²) < 4.78 is 5.92. The molecule has 0 radical (unpaired) electrons. The van der Waals surface area contributed by atoms with Crippen molar-refractivity contribution >= 4 is 16.9 Å². The van der Waals surface area contributed by atoms with Gasteiger partial charge in [-0.1, -0.05) is 25.1 Å². The van der Waals surface area contributed by atoms with Crippen molar-refractivity contribution in [1.82, 2.24) is 10.2 Å². The summed E-state index contributed by atoms with van der Waals surface area (Å²) in [6.45, 7) is 6.38. The summed E-state index contributed by atoms with van der Waals surface area (Å²) in [6, 6.07) is 9.95. The van der Waals surface area contributed by atoms with Crippen LogP contribution in [0.15, 0.2) is 34.7 Å². The molecule has 0 saturated carbocycles. The summed E-state index contributed by atoms with van der Waals surface area (Å²) in [6.07, 6.45) is 3.05. The van der Waals surface area contributed by atoms with E-state index >= 15 is 0 Å². The van der Waals surface area contributed by atoms with Gasteiger partial charge in [-0.15, -0.1) is 0 Å². The van der Waals surface area contributed by atoms with Gasteiger partial charge in [0.25, 0.3) is 0 Å². The monoisotopic (exact) mass is 328 g/mol. The second kappa shape index (κ2) is 7.39. The number of carbonyl (C=O) groups is 1. The van der Waals surface area contributed by atoms with Crippen LogP contribution in [0.25, 0.3) is 11.0 Å². The topological polar surface area (TPSA) is 45.5 Å². The van der Waals surface area contributed by atoms with Crippen LogP contribution in [0.1, 0.15) is 44.9 Å². The summed E-state index contributed by atoms with van der Waals surface area (Å²) in [5, 5.41) is 4.53. The van der Waals surface area contributed by atoms with E-state index in [2.05, 4.69) is 12.2 Å². The minimum atomic E-state index is -0.0541. The van der Waals surface area contributed by atoms with E-state index < -0.39 is 0 Å². The second-order valence-corrected chi connectivity index (χ2v) is 7.16. The Morgan fingerprint density at radius 2 is 2.17 bits per heavy atom. The van der Waals surface area contributed by atoms with Crippen molar-refractivity contribution in [2.24, 2.45) is 11.8 Å². The van der Waals surface area contributed by atoms with E-state index in [1.165, 1.54) is 12.8 Å². The van der Waals surface area contributed by atoms with E-state index in [-0.39, 0.29) is 11.9 Å². The Morgan fingerprint density at radius 3 is 2.88 bits per heavy atom. The highest BCUT2D eigenvalue weighted by atomic mass is 16.3. The number of rotatable bonds is 5. The number of hydrogen-bond donors (Lipinski definition) is 1. The number of hydrogen-bond acceptors (Lipinski definition) is 3. The molecule has 4 heteroatoms. The standard InChI is InChI=1S/C20H28N2O2/c1-14(17-8-6-10-21-13-17)11-20(23)22(3)15(2)19-12-16-7-4-5-9-18(16)24-19/h4-5,7,9,12,14-15,17,21H,6,8,10-11,13H2,1-3H3. The van der Waals surface area contributed by atoms with Crippen molar-refractivity contribution in [3.8, 4) is 0 Å². The molecule has 1 aromatic carbocycles. The van der Waals surface area contributed by atoms with Gasteiger partial charge in [-0.05, 0) is 56.8 Å². The number of amides is 1. The van der Waals surface area contributed by atoms with Crippen LogP contribution in [0.4, 0.5) is 0 Å². The largest absolute Gasteiger partial charge is 0.459 e. The highest BCUT2D eigenvalue weighted by Gasteiger charge is 2.26. The van der Waals surface area contributed by atoms with Crippen molar-refractivity contribution in [3.63, 3.8) is 0 Å². The quantitative estimate of drug-likeness (QED) is 0.903. The number of nitrogens with one attached hydrogen (secondary N) is 1. The van der Waals surface area contributed by atoms with Crippen LogP contribution < -0.4 is 5.32 Å². The lowest BCUT2D eigenvalue weighted by atomic mass is 9.85. The van der Waals surface area contributed by atoms with Gasteiger partial charge in [0.2, 0.25) is 5.91 Å². The number of furan rings is 1. The minimum Gasteiger partial charge on any atom is -0.459 e. The second-order valence-electron chi connectivity index (χ2n) is 7.16. The third kappa shape index (κ3) is 3.64. The third-order valence-corrected chi connectivity index (χ3v) is 5.47. The Morgan fingerprint density at radius 1 is 1.38 bits per heavy atom. The van der Waals surface area contributed by atoms with Crippen LogP contribution >= 0.6 is 0 Å². The molecule has 2 heterocycles. The Labute approximate surface area is 144 Å². The van der Waals surface area contributed by atoms with Gasteiger partial charge in [-0.25, -0.2) is 0 Å². The SMILES string of the molecule is CC(CC(=O)N(C)C(C)c1cc2ccccc2o1)C1CCCNC1. The maximum atomic E-state index is 12.7. The predicted octanol–water partition coefficient (Wildman–Crippen LogP) is 3.98. The number of piperidine rings is 1. The van der Waals surface area contributed by atoms with Crippen LogP contribution in [0.2, 0.25) is 0 Å². The summed E-state index contributed by atoms with van der Waals surface area (Å²) in [4.78, 5) is 14.5. The molecule has 130 valence electrons. The first-order valence-corrected chi connectivity index (χ1v) is 9.01. The van der Waals surface area contributed by atoms with Crippen LogP contribution in [0, 0.1) is 11.8 Å². The van der Waals surface area contributed by atoms with Crippen molar-refractivity contribution < 1.29 is 9.21 Å². The molecule has 1 aliphatic rings. The zero-order valence-corrected chi connectivity index (χ0v) is 14.9. The molecule has 0 bridgehead atoms. The van der Waals surface area contributed by atoms with Crippen LogP contribution in [0.5, 0.6) is 0 Å². The van der Waals surface area contributed by atoms with Gasteiger partial charge in [0, 0.05) is 18.9 Å². The Kier molecular flexibility index (Phi) is 5.24. The van der Waals surface area contributed by atoms with Crippen LogP contribution in [-0.2, 0) is 4.79 Å². The first-order chi connectivity index (χ1) is 11.6. The fraction of sp³-hybridized carbons (Fsp3) is 0.550. The number of nitrogens with zero attached hydrogens (tertiary/aromatic N) is 1. The molecule has 1 amide bonds. The van der Waals surface area contributed by atoms with Crippen molar-refractivity contribution in [2.45, 2.75) is 39.2 Å². The van der Waals surface area contributed by atoms with Crippen LogP contribution in [-0.4, -0.2) is 30.9 Å². The number of para-hydroxylation sites is 1. The van der Waals surface area contributed by atoms with Crippen molar-refractivity contribution in [1.29, 1.82) is 0 Å². The maximum Gasteiger partial charge on any atom is 0.223 e. The Balaban J connectivity index is 1.63. The molecule has 1 aliphatic heterocycles. The molecule has 3 rings (SSSR count). The van der Waals surface area contributed by atoms with Gasteiger partial charge in [-0.3, -0.25) is 4.79 Å². The lowest BCUT2D eigenvalue weighted by Crippen LogP contribution is -2.36. The minimum absolute atomic E-state index is 0.0541. The van der Waals surface area contributed by atoms with Gasteiger partial charge >= 0.3 is 0 Å². The molecule has 3 atom stereocenters. The molecule has 4 nitrogen and oxygen atoms in total. The summed E-state index contributed by atoms with van der Waals surface area (Å²) in [7, 11) is 1.88. The lowest BCUT2D eigenvalue weighted by molar-refractivity contribution is -0.133. The number of benzene rings is 1. The van der Waals surface area contributed by atoms with Crippen molar-refractivity contribution in [2.75, 3.05) is 20.1 Å². The van der Waals surface area contributed by atoms with E-state index in [0.29, 0.717) is 18.3 Å². The van der Waals surface area contributed by atoms with E-state index in [1.54, 1.807) is 0 Å². The van der Waals surface area contributed by atoms with Gasteiger partial charge in [-0.2, -0.15) is 0 Å². The summed E-state index contributed by atoms with van der Waals surface area (Å²) >= 11 is 0. The highest BCUT2D eigenvalue weighted by Crippen LogP contribution is 2.28. The predicted molar refractivity (Wildman–Crippen MR) is 96.8 cm³/mol. The van der Waals surface area contributed by atoms with E-state index in [9.17, 15) is 4.79 Å². The lowest BCUT2D eigenvalue weighted by Gasteiger charge is -2.30.